The van der Waals surface area contributed by atoms with Gasteiger partial charge in [0, 0.05) is 30.0 Å². The molecule has 4 nitrogen and oxygen atoms in total. The number of nitrogens with one attached hydrogen (secondary N) is 1. The summed E-state index contributed by atoms with van der Waals surface area (Å²) in [4.78, 5) is 11.0. The van der Waals surface area contributed by atoms with Crippen molar-refractivity contribution in [3.63, 3.8) is 0 Å². The van der Waals surface area contributed by atoms with Gasteiger partial charge in [-0.1, -0.05) is 30.3 Å². The monoisotopic (exact) mass is 309 g/mol. The molecule has 0 bridgehead atoms. The Bertz CT molecular complexity index is 821. The lowest BCUT2D eigenvalue weighted by Gasteiger charge is -2.09. The fourth-order valence-corrected chi connectivity index (χ4v) is 2.69. The molecule has 0 spiro atoms. The molecule has 3 rings (SSSR count). The zero-order chi connectivity index (χ0) is 16.2. The van der Waals surface area contributed by atoms with Crippen LogP contribution in [0.15, 0.2) is 53.1 Å². The largest absolute Gasteiger partial charge is 0.496 e. The first-order valence-electron chi connectivity index (χ1n) is 7.57. The molecule has 0 aliphatic rings. The lowest BCUT2D eigenvalue weighted by molar-refractivity contribution is -0.118. The molecule has 4 heteroatoms. The number of fused-ring (bicyclic) bond motifs is 1. The van der Waals surface area contributed by atoms with Gasteiger partial charge in [-0.3, -0.25) is 4.79 Å². The predicted molar refractivity (Wildman–Crippen MR) is 90.6 cm³/mol. The van der Waals surface area contributed by atoms with Gasteiger partial charge in [0.25, 0.3) is 0 Å². The van der Waals surface area contributed by atoms with Gasteiger partial charge in [0.05, 0.1) is 13.4 Å². The third-order valence-electron chi connectivity index (χ3n) is 3.83. The van der Waals surface area contributed by atoms with Crippen LogP contribution in [0.2, 0.25) is 0 Å². The summed E-state index contributed by atoms with van der Waals surface area (Å²) in [6, 6.07) is 14.1. The Morgan fingerprint density at radius 2 is 2.00 bits per heavy atom. The van der Waals surface area contributed by atoms with E-state index in [1.54, 1.807) is 13.4 Å². The number of carbonyl (C=O) groups is 1. The van der Waals surface area contributed by atoms with E-state index in [-0.39, 0.29) is 5.91 Å². The summed E-state index contributed by atoms with van der Waals surface area (Å²) in [5.41, 5.74) is 3.97. The maximum absolute atomic E-state index is 11.0. The highest BCUT2D eigenvalue weighted by molar-refractivity contribution is 5.89. The molecule has 23 heavy (non-hydrogen) atoms. The van der Waals surface area contributed by atoms with Crippen molar-refractivity contribution in [3.05, 3.63) is 54.3 Å². The molecule has 0 aliphatic heterocycles. The summed E-state index contributed by atoms with van der Waals surface area (Å²) >= 11 is 0. The summed E-state index contributed by atoms with van der Waals surface area (Å²) in [6.07, 6.45) is 2.47. The number of carbonyl (C=O) groups excluding carboxylic acids is 1. The molecular weight excluding hydrogens is 290 g/mol. The molecule has 0 aliphatic carbocycles. The van der Waals surface area contributed by atoms with E-state index in [1.807, 2.05) is 42.5 Å². The van der Waals surface area contributed by atoms with Crippen molar-refractivity contribution in [2.45, 2.75) is 13.3 Å². The van der Waals surface area contributed by atoms with Crippen LogP contribution in [0.25, 0.3) is 22.1 Å². The summed E-state index contributed by atoms with van der Waals surface area (Å²) in [6.45, 7) is 2.11. The Hall–Kier alpha value is -2.75. The second-order valence-corrected chi connectivity index (χ2v) is 5.41. The Morgan fingerprint density at radius 1 is 1.22 bits per heavy atom. The number of benzene rings is 2. The average Bonchev–Trinajstić information content (AvgIpc) is 2.96. The first-order valence-corrected chi connectivity index (χ1v) is 7.57. The van der Waals surface area contributed by atoms with E-state index in [9.17, 15) is 4.79 Å². The molecule has 1 aromatic heterocycles. The van der Waals surface area contributed by atoms with Crippen molar-refractivity contribution < 1.29 is 13.9 Å². The minimum atomic E-state index is -0.0262. The highest BCUT2D eigenvalue weighted by Crippen LogP contribution is 2.36. The van der Waals surface area contributed by atoms with Crippen molar-refractivity contribution in [2.75, 3.05) is 13.7 Å². The molecule has 2 aromatic carbocycles. The van der Waals surface area contributed by atoms with Crippen LogP contribution in [0.3, 0.4) is 0 Å². The molecule has 3 aromatic rings. The SMILES string of the molecule is COc1cc2c(CCNC(C)=O)coc2cc1-c1ccccc1. The number of methoxy groups -OCH3 is 1. The van der Waals surface area contributed by atoms with Crippen LogP contribution in [0.4, 0.5) is 0 Å². The standard InChI is InChI=1S/C19H19NO3/c1-13(21)20-9-8-15-12-23-19-11-16(14-6-4-3-5-7-14)18(22-2)10-17(15)19/h3-7,10-12H,8-9H2,1-2H3,(H,20,21). The van der Waals surface area contributed by atoms with Gasteiger partial charge in [-0.05, 0) is 24.1 Å². The fourth-order valence-electron chi connectivity index (χ4n) is 2.69. The van der Waals surface area contributed by atoms with Crippen LogP contribution in [0.1, 0.15) is 12.5 Å². The van der Waals surface area contributed by atoms with Crippen molar-refractivity contribution in [3.8, 4) is 16.9 Å². The first-order chi connectivity index (χ1) is 11.2. The van der Waals surface area contributed by atoms with Crippen molar-refractivity contribution in [1.29, 1.82) is 0 Å². The Morgan fingerprint density at radius 3 is 2.70 bits per heavy atom. The highest BCUT2D eigenvalue weighted by Gasteiger charge is 2.13. The third kappa shape index (κ3) is 3.21. The van der Waals surface area contributed by atoms with Gasteiger partial charge in [0.15, 0.2) is 0 Å². The molecule has 1 heterocycles. The zero-order valence-electron chi connectivity index (χ0n) is 13.3. The zero-order valence-corrected chi connectivity index (χ0v) is 13.3. The number of hydrogen-bond acceptors (Lipinski definition) is 3. The average molecular weight is 309 g/mol. The van der Waals surface area contributed by atoms with Crippen LogP contribution in [-0.4, -0.2) is 19.6 Å². The first kappa shape index (κ1) is 15.2. The summed E-state index contributed by atoms with van der Waals surface area (Å²) in [7, 11) is 1.67. The van der Waals surface area contributed by atoms with E-state index in [0.717, 1.165) is 39.8 Å². The molecule has 0 unspecified atom stereocenters. The lowest BCUT2D eigenvalue weighted by Crippen LogP contribution is -2.22. The van der Waals surface area contributed by atoms with Gasteiger partial charge in [-0.15, -0.1) is 0 Å². The normalized spacial score (nSPS) is 10.7. The van der Waals surface area contributed by atoms with Crippen LogP contribution in [0, 0.1) is 0 Å². The van der Waals surface area contributed by atoms with Crippen molar-refractivity contribution in [2.24, 2.45) is 0 Å². The summed E-state index contributed by atoms with van der Waals surface area (Å²) in [5, 5.41) is 3.82. The van der Waals surface area contributed by atoms with Crippen LogP contribution >= 0.6 is 0 Å². The van der Waals surface area contributed by atoms with Crippen molar-refractivity contribution in [1.82, 2.24) is 5.32 Å². The molecule has 1 N–H and O–H groups in total. The summed E-state index contributed by atoms with van der Waals surface area (Å²) < 4.78 is 11.3. The van der Waals surface area contributed by atoms with E-state index < -0.39 is 0 Å². The topological polar surface area (TPSA) is 51.5 Å². The Labute approximate surface area is 135 Å². The number of hydrogen-bond donors (Lipinski definition) is 1. The molecular formula is C19H19NO3. The number of amides is 1. The van der Waals surface area contributed by atoms with Gasteiger partial charge < -0.3 is 14.5 Å². The van der Waals surface area contributed by atoms with E-state index >= 15 is 0 Å². The maximum atomic E-state index is 11.0. The minimum absolute atomic E-state index is 0.0262. The van der Waals surface area contributed by atoms with Gasteiger partial charge in [0.1, 0.15) is 11.3 Å². The lowest BCUT2D eigenvalue weighted by atomic mass is 10.0. The predicted octanol–water partition coefficient (Wildman–Crippen LogP) is 3.79. The maximum Gasteiger partial charge on any atom is 0.216 e. The molecule has 0 saturated heterocycles. The van der Waals surface area contributed by atoms with Crippen molar-refractivity contribution >= 4 is 16.9 Å². The third-order valence-corrected chi connectivity index (χ3v) is 3.83. The number of ether oxygens (including phenoxy) is 1. The van der Waals surface area contributed by atoms with E-state index in [0.29, 0.717) is 6.54 Å². The molecule has 118 valence electrons. The molecule has 1 amide bonds. The van der Waals surface area contributed by atoms with E-state index in [1.165, 1.54) is 6.92 Å². The van der Waals surface area contributed by atoms with E-state index in [2.05, 4.69) is 5.32 Å². The minimum Gasteiger partial charge on any atom is -0.496 e. The van der Waals surface area contributed by atoms with Gasteiger partial charge >= 0.3 is 0 Å². The molecule has 0 radical (unpaired) electrons. The fraction of sp³-hybridized carbons (Fsp3) is 0.211. The molecule has 0 saturated carbocycles. The number of rotatable bonds is 5. The summed E-state index contributed by atoms with van der Waals surface area (Å²) in [5.74, 6) is 0.785. The number of furan rings is 1. The van der Waals surface area contributed by atoms with Gasteiger partial charge in [-0.25, -0.2) is 0 Å². The van der Waals surface area contributed by atoms with Gasteiger partial charge in [0.2, 0.25) is 5.91 Å². The smallest absolute Gasteiger partial charge is 0.216 e. The molecule has 0 fully saturated rings. The van der Waals surface area contributed by atoms with Crippen LogP contribution in [0.5, 0.6) is 5.75 Å². The van der Waals surface area contributed by atoms with Gasteiger partial charge in [-0.2, -0.15) is 0 Å². The quantitative estimate of drug-likeness (QED) is 0.780. The molecule has 0 atom stereocenters. The second kappa shape index (κ2) is 6.57. The highest BCUT2D eigenvalue weighted by atomic mass is 16.5. The van der Waals surface area contributed by atoms with Crippen LogP contribution in [-0.2, 0) is 11.2 Å². The Kier molecular flexibility index (Phi) is 4.33. The Balaban J connectivity index is 1.98. The van der Waals surface area contributed by atoms with Crippen LogP contribution < -0.4 is 10.1 Å². The van der Waals surface area contributed by atoms with E-state index in [4.69, 9.17) is 9.15 Å². The second-order valence-electron chi connectivity index (χ2n) is 5.41.